The summed E-state index contributed by atoms with van der Waals surface area (Å²) in [5.74, 6) is 0.368. The first kappa shape index (κ1) is 12.9. The quantitative estimate of drug-likeness (QED) is 0.803. The first-order valence-electron chi connectivity index (χ1n) is 4.51. The van der Waals surface area contributed by atoms with Crippen LogP contribution in [0.4, 0.5) is 0 Å². The minimum absolute atomic E-state index is 0.0565. The van der Waals surface area contributed by atoms with Crippen LogP contribution in [-0.2, 0) is 4.79 Å². The predicted molar refractivity (Wildman–Crippen MR) is 69.4 cm³/mol. The van der Waals surface area contributed by atoms with E-state index in [1.165, 1.54) is 0 Å². The lowest BCUT2D eigenvalue weighted by Gasteiger charge is -2.06. The number of hydrogen-bond acceptors (Lipinski definition) is 3. The van der Waals surface area contributed by atoms with Crippen molar-refractivity contribution in [3.63, 3.8) is 0 Å². The molecule has 0 saturated heterocycles. The molecule has 1 rings (SSSR count). The Labute approximate surface area is 107 Å². The van der Waals surface area contributed by atoms with Crippen molar-refractivity contribution in [1.29, 1.82) is 0 Å². The molecule has 0 fully saturated rings. The SMILES string of the molecule is NC(=S)CNC(=O)COc1cccc(Br)c1. The molecule has 3 N–H and O–H groups in total. The van der Waals surface area contributed by atoms with Gasteiger partial charge in [0.15, 0.2) is 6.61 Å². The van der Waals surface area contributed by atoms with Gasteiger partial charge in [0.05, 0.1) is 11.5 Å². The number of carbonyl (C=O) groups is 1. The molecule has 0 spiro atoms. The third-order valence-corrected chi connectivity index (χ3v) is 2.26. The molecule has 0 aromatic heterocycles. The molecule has 4 nitrogen and oxygen atoms in total. The Bertz CT molecular complexity index is 398. The molecule has 0 bridgehead atoms. The molecule has 1 aromatic carbocycles. The standard InChI is InChI=1S/C10H11BrN2O2S/c11-7-2-1-3-8(4-7)15-6-10(14)13-5-9(12)16/h1-4H,5-6H2,(H2,12,16)(H,13,14). The highest BCUT2D eigenvalue weighted by Gasteiger charge is 2.02. The zero-order valence-corrected chi connectivity index (χ0v) is 10.8. The number of hydrogen-bond donors (Lipinski definition) is 2. The lowest BCUT2D eigenvalue weighted by atomic mass is 10.3. The van der Waals surface area contributed by atoms with E-state index in [-0.39, 0.29) is 24.0 Å². The Morgan fingerprint density at radius 1 is 1.56 bits per heavy atom. The second kappa shape index (κ2) is 6.44. The maximum Gasteiger partial charge on any atom is 0.258 e. The van der Waals surface area contributed by atoms with E-state index in [0.717, 1.165) is 4.47 Å². The van der Waals surface area contributed by atoms with Crippen molar-refractivity contribution in [2.24, 2.45) is 5.73 Å². The fourth-order valence-corrected chi connectivity index (χ4v) is 1.39. The molecule has 0 aliphatic rings. The Hall–Kier alpha value is -1.14. The summed E-state index contributed by atoms with van der Waals surface area (Å²) in [6.07, 6.45) is 0. The molecule has 0 unspecified atom stereocenters. The average molecular weight is 303 g/mol. The minimum atomic E-state index is -0.257. The number of rotatable bonds is 5. The highest BCUT2D eigenvalue weighted by atomic mass is 79.9. The van der Waals surface area contributed by atoms with Gasteiger partial charge in [-0.2, -0.15) is 0 Å². The van der Waals surface area contributed by atoms with E-state index >= 15 is 0 Å². The largest absolute Gasteiger partial charge is 0.484 e. The van der Waals surface area contributed by atoms with Crippen molar-refractivity contribution in [2.45, 2.75) is 0 Å². The molecule has 6 heteroatoms. The van der Waals surface area contributed by atoms with Crippen molar-refractivity contribution in [2.75, 3.05) is 13.2 Å². The molecule has 0 aliphatic carbocycles. The summed E-state index contributed by atoms with van der Waals surface area (Å²) in [7, 11) is 0. The summed E-state index contributed by atoms with van der Waals surface area (Å²) < 4.78 is 6.15. The topological polar surface area (TPSA) is 64.3 Å². The van der Waals surface area contributed by atoms with Gasteiger partial charge < -0.3 is 15.8 Å². The van der Waals surface area contributed by atoms with Crippen LogP contribution in [0.25, 0.3) is 0 Å². The molecule has 1 aromatic rings. The van der Waals surface area contributed by atoms with Gasteiger partial charge in [-0.1, -0.05) is 34.2 Å². The van der Waals surface area contributed by atoms with Crippen LogP contribution in [0.15, 0.2) is 28.7 Å². The number of nitrogens with two attached hydrogens (primary N) is 1. The fourth-order valence-electron chi connectivity index (χ4n) is 0.942. The second-order valence-corrected chi connectivity index (χ2v) is 4.43. The molecule has 0 radical (unpaired) electrons. The Morgan fingerprint density at radius 2 is 2.31 bits per heavy atom. The van der Waals surface area contributed by atoms with Gasteiger partial charge in [0.2, 0.25) is 0 Å². The number of benzene rings is 1. The fraction of sp³-hybridized carbons (Fsp3) is 0.200. The van der Waals surface area contributed by atoms with Crippen molar-refractivity contribution in [1.82, 2.24) is 5.32 Å². The van der Waals surface area contributed by atoms with E-state index in [1.807, 2.05) is 12.1 Å². The molecular weight excluding hydrogens is 292 g/mol. The number of carbonyl (C=O) groups excluding carboxylic acids is 1. The zero-order valence-electron chi connectivity index (χ0n) is 8.40. The maximum absolute atomic E-state index is 11.2. The molecule has 0 saturated carbocycles. The Balaban J connectivity index is 2.34. The molecule has 86 valence electrons. The monoisotopic (exact) mass is 302 g/mol. The lowest BCUT2D eigenvalue weighted by Crippen LogP contribution is -2.35. The van der Waals surface area contributed by atoms with Gasteiger partial charge in [0, 0.05) is 4.47 Å². The summed E-state index contributed by atoms with van der Waals surface area (Å²) in [4.78, 5) is 11.5. The van der Waals surface area contributed by atoms with Crippen molar-refractivity contribution < 1.29 is 9.53 Å². The van der Waals surface area contributed by atoms with Crippen LogP contribution in [0.2, 0.25) is 0 Å². The van der Waals surface area contributed by atoms with Crippen LogP contribution in [0, 0.1) is 0 Å². The van der Waals surface area contributed by atoms with Crippen LogP contribution in [0.3, 0.4) is 0 Å². The highest BCUT2D eigenvalue weighted by Crippen LogP contribution is 2.17. The molecule has 16 heavy (non-hydrogen) atoms. The summed E-state index contributed by atoms with van der Waals surface area (Å²) in [6.45, 7) is 0.134. The van der Waals surface area contributed by atoms with Crippen LogP contribution in [0.5, 0.6) is 5.75 Å². The first-order chi connectivity index (χ1) is 7.58. The van der Waals surface area contributed by atoms with Crippen molar-refractivity contribution >= 4 is 39.0 Å². The van der Waals surface area contributed by atoms with Gasteiger partial charge in [-0.25, -0.2) is 0 Å². The van der Waals surface area contributed by atoms with Gasteiger partial charge in [0.25, 0.3) is 5.91 Å². The third kappa shape index (κ3) is 5.09. The normalized spacial score (nSPS) is 9.56. The smallest absolute Gasteiger partial charge is 0.258 e. The number of thiocarbonyl (C=S) groups is 1. The van der Waals surface area contributed by atoms with Crippen LogP contribution >= 0.6 is 28.1 Å². The molecule has 0 aliphatic heterocycles. The number of halogens is 1. The summed E-state index contributed by atoms with van der Waals surface area (Å²) in [5.41, 5.74) is 5.24. The maximum atomic E-state index is 11.2. The van der Waals surface area contributed by atoms with E-state index in [9.17, 15) is 4.79 Å². The van der Waals surface area contributed by atoms with Gasteiger partial charge in [0.1, 0.15) is 5.75 Å². The van der Waals surface area contributed by atoms with Gasteiger partial charge in [-0.3, -0.25) is 4.79 Å². The molecular formula is C10H11BrN2O2S. The lowest BCUT2D eigenvalue weighted by molar-refractivity contribution is -0.122. The van der Waals surface area contributed by atoms with E-state index in [4.69, 9.17) is 10.5 Å². The van der Waals surface area contributed by atoms with Crippen LogP contribution in [0.1, 0.15) is 0 Å². The Kier molecular flexibility index (Phi) is 5.21. The van der Waals surface area contributed by atoms with E-state index in [1.54, 1.807) is 12.1 Å². The summed E-state index contributed by atoms with van der Waals surface area (Å²) >= 11 is 7.93. The second-order valence-electron chi connectivity index (χ2n) is 2.99. The molecule has 0 atom stereocenters. The van der Waals surface area contributed by atoms with Gasteiger partial charge in [-0.15, -0.1) is 0 Å². The zero-order chi connectivity index (χ0) is 12.0. The van der Waals surface area contributed by atoms with Crippen molar-refractivity contribution in [3.8, 4) is 5.75 Å². The number of amides is 1. The van der Waals surface area contributed by atoms with Gasteiger partial charge >= 0.3 is 0 Å². The van der Waals surface area contributed by atoms with E-state index < -0.39 is 0 Å². The molecule has 1 amide bonds. The number of ether oxygens (including phenoxy) is 1. The third-order valence-electron chi connectivity index (χ3n) is 1.63. The molecule has 0 heterocycles. The van der Waals surface area contributed by atoms with Crippen LogP contribution in [-0.4, -0.2) is 24.0 Å². The highest BCUT2D eigenvalue weighted by molar-refractivity contribution is 9.10. The van der Waals surface area contributed by atoms with E-state index in [2.05, 4.69) is 33.5 Å². The average Bonchev–Trinajstić information content (AvgIpc) is 2.23. The first-order valence-corrected chi connectivity index (χ1v) is 5.71. The predicted octanol–water partition coefficient (Wildman–Crippen LogP) is 1.23. The van der Waals surface area contributed by atoms with Gasteiger partial charge in [-0.05, 0) is 18.2 Å². The summed E-state index contributed by atoms with van der Waals surface area (Å²) in [5, 5.41) is 2.53. The van der Waals surface area contributed by atoms with Crippen LogP contribution < -0.4 is 15.8 Å². The number of nitrogens with one attached hydrogen (secondary N) is 1. The Morgan fingerprint density at radius 3 is 2.94 bits per heavy atom. The summed E-state index contributed by atoms with van der Waals surface area (Å²) in [6, 6.07) is 7.25. The van der Waals surface area contributed by atoms with E-state index in [0.29, 0.717) is 5.75 Å². The van der Waals surface area contributed by atoms with Crippen molar-refractivity contribution in [3.05, 3.63) is 28.7 Å². The minimum Gasteiger partial charge on any atom is -0.484 e.